The Labute approximate surface area is 112 Å². The Bertz CT molecular complexity index is 596. The van der Waals surface area contributed by atoms with Crippen LogP contribution in [0.2, 0.25) is 0 Å². The highest BCUT2D eigenvalue weighted by Gasteiger charge is 2.18. The van der Waals surface area contributed by atoms with Crippen LogP contribution in [0.3, 0.4) is 0 Å². The third-order valence-electron chi connectivity index (χ3n) is 2.61. The molecule has 104 valence electrons. The van der Waals surface area contributed by atoms with Gasteiger partial charge in [-0.3, -0.25) is 10.1 Å². The molecule has 1 aromatic carbocycles. The van der Waals surface area contributed by atoms with Gasteiger partial charge >= 0.3 is 6.16 Å². The molecule has 0 radical (unpaired) electrons. The van der Waals surface area contributed by atoms with Crippen LogP contribution in [-0.2, 0) is 4.74 Å². The van der Waals surface area contributed by atoms with Gasteiger partial charge in [0.2, 0.25) is 0 Å². The van der Waals surface area contributed by atoms with E-state index < -0.39 is 17.1 Å². The summed E-state index contributed by atoms with van der Waals surface area (Å²) < 4.78 is 5.97. The van der Waals surface area contributed by atoms with Crippen LogP contribution in [0.5, 0.6) is 0 Å². The molecule has 2 rings (SSSR count). The smallest absolute Gasteiger partial charge is 0.450 e. The molecule has 0 saturated heterocycles. The van der Waals surface area contributed by atoms with Crippen molar-refractivity contribution in [1.82, 2.24) is 15.0 Å². The van der Waals surface area contributed by atoms with Crippen molar-refractivity contribution in [3.63, 3.8) is 0 Å². The topological polar surface area (TPSA) is 120 Å². The summed E-state index contributed by atoms with van der Waals surface area (Å²) >= 11 is 0. The van der Waals surface area contributed by atoms with Crippen LogP contribution in [0.15, 0.2) is 36.7 Å². The number of nitro groups is 1. The number of ether oxygens (including phenoxy) is 1. The molecule has 20 heavy (non-hydrogen) atoms. The van der Waals surface area contributed by atoms with Crippen LogP contribution < -0.4 is 0 Å². The van der Waals surface area contributed by atoms with Gasteiger partial charge in [0.25, 0.3) is 5.69 Å². The maximum Gasteiger partial charge on any atom is 0.505 e. The molecule has 1 unspecified atom stereocenters. The highest BCUT2D eigenvalue weighted by atomic mass is 16.7. The normalized spacial score (nSPS) is 11.8. The highest BCUT2D eigenvalue weighted by molar-refractivity contribution is 5.56. The number of hydrogen-bond donors (Lipinski definition) is 1. The molecule has 0 bridgehead atoms. The Hall–Kier alpha value is -2.97. The molecule has 0 fully saturated rings. The Balaban J connectivity index is 2.26. The van der Waals surface area contributed by atoms with E-state index in [-0.39, 0.29) is 12.3 Å². The first kappa shape index (κ1) is 13.5. The molecule has 0 spiro atoms. The van der Waals surface area contributed by atoms with Gasteiger partial charge in [-0.05, 0) is 17.7 Å². The van der Waals surface area contributed by atoms with Crippen molar-refractivity contribution < 1.29 is 19.6 Å². The van der Waals surface area contributed by atoms with Gasteiger partial charge in [0.1, 0.15) is 12.6 Å². The fourth-order valence-corrected chi connectivity index (χ4v) is 1.68. The summed E-state index contributed by atoms with van der Waals surface area (Å²) in [7, 11) is 0. The lowest BCUT2D eigenvalue weighted by Crippen LogP contribution is -2.19. The minimum atomic E-state index is -1.41. The molecular weight excluding hydrogens is 268 g/mol. The van der Waals surface area contributed by atoms with Crippen LogP contribution in [0.4, 0.5) is 10.5 Å². The summed E-state index contributed by atoms with van der Waals surface area (Å²) in [6.45, 7) is -0.170. The zero-order chi connectivity index (χ0) is 14.5. The zero-order valence-corrected chi connectivity index (χ0v) is 10.1. The van der Waals surface area contributed by atoms with Gasteiger partial charge in [-0.1, -0.05) is 5.21 Å². The number of carboxylic acid groups (broad SMARTS) is 1. The lowest BCUT2D eigenvalue weighted by molar-refractivity contribution is -0.384. The summed E-state index contributed by atoms with van der Waals surface area (Å²) in [6, 6.07) is 5.18. The SMILES string of the molecule is O=C(O)OCC(c1ccc([N+](=O)[O-])cc1)n1ccnn1. The van der Waals surface area contributed by atoms with Gasteiger partial charge in [-0.2, -0.15) is 0 Å². The quantitative estimate of drug-likeness (QED) is 0.499. The minimum Gasteiger partial charge on any atom is -0.450 e. The van der Waals surface area contributed by atoms with E-state index in [2.05, 4.69) is 15.0 Å². The van der Waals surface area contributed by atoms with Gasteiger partial charge in [0, 0.05) is 18.3 Å². The number of non-ortho nitro benzene ring substituents is 1. The van der Waals surface area contributed by atoms with Crippen molar-refractivity contribution in [3.8, 4) is 0 Å². The second-order valence-electron chi connectivity index (χ2n) is 3.82. The van der Waals surface area contributed by atoms with E-state index in [1.165, 1.54) is 35.1 Å². The molecule has 9 nitrogen and oxygen atoms in total. The molecule has 0 amide bonds. The molecule has 2 aromatic rings. The van der Waals surface area contributed by atoms with Gasteiger partial charge in [-0.25, -0.2) is 9.48 Å². The van der Waals surface area contributed by atoms with Crippen molar-refractivity contribution in [2.45, 2.75) is 6.04 Å². The molecule has 1 atom stereocenters. The number of carbonyl (C=O) groups is 1. The predicted molar refractivity (Wildman–Crippen MR) is 65.2 cm³/mol. The molecule has 1 N–H and O–H groups in total. The van der Waals surface area contributed by atoms with Crippen LogP contribution in [0.25, 0.3) is 0 Å². The van der Waals surface area contributed by atoms with Crippen molar-refractivity contribution >= 4 is 11.8 Å². The van der Waals surface area contributed by atoms with Crippen LogP contribution in [0.1, 0.15) is 11.6 Å². The van der Waals surface area contributed by atoms with E-state index in [0.717, 1.165) is 0 Å². The molecule has 1 heterocycles. The van der Waals surface area contributed by atoms with Gasteiger partial charge in [0.05, 0.1) is 11.1 Å². The standard InChI is InChI=1S/C11H10N4O5/c16-11(17)20-7-10(14-6-5-12-13-14)8-1-3-9(4-2-8)15(18)19/h1-6,10H,7H2,(H,16,17). The largest absolute Gasteiger partial charge is 0.505 e. The number of rotatable bonds is 5. The first-order valence-electron chi connectivity index (χ1n) is 5.54. The minimum absolute atomic E-state index is 0.0507. The van der Waals surface area contributed by atoms with E-state index in [1.54, 1.807) is 6.20 Å². The molecule has 9 heteroatoms. The molecular formula is C11H10N4O5. The number of nitrogens with zero attached hydrogens (tertiary/aromatic N) is 4. The van der Waals surface area contributed by atoms with Crippen LogP contribution in [0, 0.1) is 10.1 Å². The van der Waals surface area contributed by atoms with Gasteiger partial charge in [-0.15, -0.1) is 5.10 Å². The highest BCUT2D eigenvalue weighted by Crippen LogP contribution is 2.21. The molecule has 0 saturated carbocycles. The number of nitro benzene ring substituents is 1. The Morgan fingerprint density at radius 3 is 2.65 bits per heavy atom. The maximum atomic E-state index is 10.6. The summed E-state index contributed by atoms with van der Waals surface area (Å²) in [6.07, 6.45) is 1.59. The Kier molecular flexibility index (Phi) is 3.89. The van der Waals surface area contributed by atoms with Crippen molar-refractivity contribution in [3.05, 3.63) is 52.3 Å². The van der Waals surface area contributed by atoms with E-state index >= 15 is 0 Å². The summed E-state index contributed by atoms with van der Waals surface area (Å²) in [4.78, 5) is 20.6. The molecule has 0 aliphatic rings. The fourth-order valence-electron chi connectivity index (χ4n) is 1.68. The second kappa shape index (κ2) is 5.78. The lowest BCUT2D eigenvalue weighted by atomic mass is 10.1. The number of aromatic nitrogens is 3. The Morgan fingerprint density at radius 1 is 1.45 bits per heavy atom. The van der Waals surface area contributed by atoms with Crippen molar-refractivity contribution in [1.29, 1.82) is 0 Å². The number of benzene rings is 1. The molecule has 0 aliphatic carbocycles. The third kappa shape index (κ3) is 3.07. The maximum absolute atomic E-state index is 10.6. The monoisotopic (exact) mass is 278 g/mol. The summed E-state index contributed by atoms with van der Waals surface area (Å²) in [5, 5.41) is 26.6. The van der Waals surface area contributed by atoms with Crippen molar-refractivity contribution in [2.75, 3.05) is 6.61 Å². The Morgan fingerprint density at radius 2 is 2.15 bits per heavy atom. The molecule has 0 aliphatic heterocycles. The molecule has 1 aromatic heterocycles. The van der Waals surface area contributed by atoms with E-state index in [0.29, 0.717) is 5.56 Å². The predicted octanol–water partition coefficient (Wildman–Crippen LogP) is 1.47. The summed E-state index contributed by atoms with van der Waals surface area (Å²) in [5.74, 6) is 0. The van der Waals surface area contributed by atoms with Gasteiger partial charge in [0.15, 0.2) is 0 Å². The fraction of sp³-hybridized carbons (Fsp3) is 0.182. The van der Waals surface area contributed by atoms with Crippen LogP contribution >= 0.6 is 0 Å². The first-order chi connectivity index (χ1) is 9.58. The first-order valence-corrected chi connectivity index (χ1v) is 5.54. The van der Waals surface area contributed by atoms with E-state index in [9.17, 15) is 14.9 Å². The number of hydrogen-bond acceptors (Lipinski definition) is 6. The lowest BCUT2D eigenvalue weighted by Gasteiger charge is -2.16. The summed E-state index contributed by atoms with van der Waals surface area (Å²) in [5.41, 5.74) is 0.576. The average Bonchev–Trinajstić information content (AvgIpc) is 2.93. The third-order valence-corrected chi connectivity index (χ3v) is 2.61. The van der Waals surface area contributed by atoms with Crippen molar-refractivity contribution in [2.24, 2.45) is 0 Å². The van der Waals surface area contributed by atoms with E-state index in [1.807, 2.05) is 0 Å². The van der Waals surface area contributed by atoms with Gasteiger partial charge < -0.3 is 9.84 Å². The second-order valence-corrected chi connectivity index (χ2v) is 3.82. The average molecular weight is 278 g/mol. The van der Waals surface area contributed by atoms with Crippen LogP contribution in [-0.4, -0.2) is 37.8 Å². The zero-order valence-electron chi connectivity index (χ0n) is 10.1. The van der Waals surface area contributed by atoms with E-state index in [4.69, 9.17) is 5.11 Å².